The summed E-state index contributed by atoms with van der Waals surface area (Å²) >= 11 is 0. The molecule has 0 aliphatic carbocycles. The fourth-order valence-electron chi connectivity index (χ4n) is 2.97. The number of nitrogens with zero attached hydrogens (tertiary/aromatic N) is 2. The maximum absolute atomic E-state index is 11.6. The van der Waals surface area contributed by atoms with Crippen molar-refractivity contribution >= 4 is 34.6 Å². The Morgan fingerprint density at radius 2 is 1.05 bits per heavy atom. The second kappa shape index (κ2) is 4.70. The van der Waals surface area contributed by atoms with Gasteiger partial charge in [0.05, 0.1) is 22.4 Å². The van der Waals surface area contributed by atoms with E-state index in [0.717, 1.165) is 34.6 Å². The summed E-state index contributed by atoms with van der Waals surface area (Å²) in [5, 5.41) is 1.93. The van der Waals surface area contributed by atoms with Gasteiger partial charge in [-0.1, -0.05) is 36.4 Å². The van der Waals surface area contributed by atoms with Crippen molar-refractivity contribution in [1.29, 1.82) is 0 Å². The summed E-state index contributed by atoms with van der Waals surface area (Å²) in [5.41, 5.74) is 3.07. The Kier molecular flexibility index (Phi) is 2.69. The summed E-state index contributed by atoms with van der Waals surface area (Å²) in [5.74, 6) is 0. The molecule has 0 atom stereocenters. The summed E-state index contributed by atoms with van der Waals surface area (Å²) in [6, 6.07) is 19.2. The summed E-state index contributed by atoms with van der Waals surface area (Å²) in [6.07, 6.45) is 1.56. The van der Waals surface area contributed by atoms with Gasteiger partial charge in [-0.15, -0.1) is 0 Å². The molecule has 0 amide bonds. The van der Waals surface area contributed by atoms with Crippen molar-refractivity contribution in [1.82, 2.24) is 9.13 Å². The van der Waals surface area contributed by atoms with Crippen LogP contribution in [0.4, 0.5) is 0 Å². The maximum atomic E-state index is 11.6. The standard InChI is InChI=1S/C18H12N2O2/c21-11-19-15-7-3-1-5-13(15)9-17(19)18-10-14-6-2-4-8-16(14)20(18)12-22/h1-12H. The summed E-state index contributed by atoms with van der Waals surface area (Å²) in [6.45, 7) is 0. The molecule has 2 heterocycles. The molecule has 4 rings (SSSR count). The van der Waals surface area contributed by atoms with E-state index in [-0.39, 0.29) is 0 Å². The summed E-state index contributed by atoms with van der Waals surface area (Å²) in [7, 11) is 0. The van der Waals surface area contributed by atoms with E-state index in [1.54, 1.807) is 9.13 Å². The minimum atomic E-state index is 0.708. The number of aromatic nitrogens is 2. The third-order valence-corrected chi connectivity index (χ3v) is 3.97. The molecule has 2 aromatic heterocycles. The van der Waals surface area contributed by atoms with Crippen LogP contribution >= 0.6 is 0 Å². The fraction of sp³-hybridized carbons (Fsp3) is 0. The molecule has 0 bridgehead atoms. The molecular weight excluding hydrogens is 276 g/mol. The molecule has 0 fully saturated rings. The summed E-state index contributed by atoms with van der Waals surface area (Å²) < 4.78 is 3.15. The first kappa shape index (κ1) is 12.6. The van der Waals surface area contributed by atoms with Crippen LogP contribution in [0, 0.1) is 0 Å². The third kappa shape index (κ3) is 1.64. The van der Waals surface area contributed by atoms with Gasteiger partial charge in [0.15, 0.2) is 0 Å². The van der Waals surface area contributed by atoms with Gasteiger partial charge in [-0.25, -0.2) is 0 Å². The normalized spacial score (nSPS) is 11.1. The van der Waals surface area contributed by atoms with Crippen LogP contribution in [0.3, 0.4) is 0 Å². The highest BCUT2D eigenvalue weighted by Crippen LogP contribution is 2.31. The zero-order chi connectivity index (χ0) is 15.1. The first-order valence-electron chi connectivity index (χ1n) is 6.94. The van der Waals surface area contributed by atoms with Gasteiger partial charge in [0.2, 0.25) is 12.8 Å². The van der Waals surface area contributed by atoms with Crippen molar-refractivity contribution in [2.75, 3.05) is 0 Å². The highest BCUT2D eigenvalue weighted by molar-refractivity contribution is 5.97. The van der Waals surface area contributed by atoms with E-state index in [1.165, 1.54) is 0 Å². The van der Waals surface area contributed by atoms with Gasteiger partial charge in [-0.3, -0.25) is 18.7 Å². The van der Waals surface area contributed by atoms with Crippen LogP contribution in [0.5, 0.6) is 0 Å². The molecule has 0 radical (unpaired) electrons. The number of benzene rings is 2. The average molecular weight is 288 g/mol. The third-order valence-electron chi connectivity index (χ3n) is 3.97. The quantitative estimate of drug-likeness (QED) is 0.543. The maximum Gasteiger partial charge on any atom is 0.218 e. The summed E-state index contributed by atoms with van der Waals surface area (Å²) in [4.78, 5) is 23.1. The molecule has 0 saturated carbocycles. The van der Waals surface area contributed by atoms with Crippen molar-refractivity contribution < 1.29 is 9.59 Å². The molecule has 4 aromatic rings. The zero-order valence-corrected chi connectivity index (χ0v) is 11.6. The number of fused-ring (bicyclic) bond motifs is 2. The molecular formula is C18H12N2O2. The molecule has 0 spiro atoms. The van der Waals surface area contributed by atoms with E-state index in [2.05, 4.69) is 0 Å². The minimum Gasteiger partial charge on any atom is -0.281 e. The molecule has 22 heavy (non-hydrogen) atoms. The van der Waals surface area contributed by atoms with Crippen molar-refractivity contribution in [2.24, 2.45) is 0 Å². The molecule has 0 N–H and O–H groups in total. The van der Waals surface area contributed by atoms with Gasteiger partial charge >= 0.3 is 0 Å². The number of hydrogen-bond donors (Lipinski definition) is 0. The Bertz CT molecular complexity index is 940. The van der Waals surface area contributed by atoms with Gasteiger partial charge in [-0.2, -0.15) is 0 Å². The van der Waals surface area contributed by atoms with Crippen molar-refractivity contribution in [2.45, 2.75) is 0 Å². The molecule has 0 aliphatic heterocycles. The van der Waals surface area contributed by atoms with Crippen LogP contribution in [-0.2, 0) is 9.59 Å². The van der Waals surface area contributed by atoms with E-state index < -0.39 is 0 Å². The topological polar surface area (TPSA) is 44.0 Å². The lowest BCUT2D eigenvalue weighted by atomic mass is 10.2. The number of carbonyl (C=O) groups excluding carboxylic acids is 2. The van der Waals surface area contributed by atoms with Crippen molar-refractivity contribution in [3.8, 4) is 11.4 Å². The Morgan fingerprint density at radius 3 is 1.45 bits per heavy atom. The second-order valence-corrected chi connectivity index (χ2v) is 5.13. The van der Waals surface area contributed by atoms with E-state index in [4.69, 9.17) is 0 Å². The Balaban J connectivity index is 2.11. The van der Waals surface area contributed by atoms with Crippen LogP contribution in [0.1, 0.15) is 0 Å². The first-order chi connectivity index (χ1) is 10.8. The Morgan fingerprint density at radius 1 is 0.636 bits per heavy atom. The number of hydrogen-bond acceptors (Lipinski definition) is 2. The second-order valence-electron chi connectivity index (χ2n) is 5.13. The highest BCUT2D eigenvalue weighted by atomic mass is 16.1. The minimum absolute atomic E-state index is 0.708. The van der Waals surface area contributed by atoms with E-state index in [0.29, 0.717) is 11.4 Å². The predicted molar refractivity (Wildman–Crippen MR) is 87.2 cm³/mol. The van der Waals surface area contributed by atoms with Gasteiger partial charge in [0.25, 0.3) is 0 Å². The number of rotatable bonds is 3. The fourth-order valence-corrected chi connectivity index (χ4v) is 2.97. The van der Waals surface area contributed by atoms with Crippen molar-refractivity contribution in [3.63, 3.8) is 0 Å². The molecule has 0 unspecified atom stereocenters. The number of para-hydroxylation sites is 2. The first-order valence-corrected chi connectivity index (χ1v) is 6.94. The van der Waals surface area contributed by atoms with Crippen LogP contribution < -0.4 is 0 Å². The Labute approximate surface area is 126 Å². The SMILES string of the molecule is O=Cn1c(-c2cc3ccccc3n2C=O)cc2ccccc21. The van der Waals surface area contributed by atoms with Gasteiger partial charge in [0, 0.05) is 10.8 Å². The lowest BCUT2D eigenvalue weighted by Gasteiger charge is -2.04. The van der Waals surface area contributed by atoms with E-state index in [9.17, 15) is 9.59 Å². The van der Waals surface area contributed by atoms with Crippen LogP contribution in [-0.4, -0.2) is 22.0 Å². The smallest absolute Gasteiger partial charge is 0.218 e. The highest BCUT2D eigenvalue weighted by Gasteiger charge is 2.15. The zero-order valence-electron chi connectivity index (χ0n) is 11.6. The van der Waals surface area contributed by atoms with E-state index >= 15 is 0 Å². The molecule has 2 aromatic carbocycles. The molecule has 0 aliphatic rings. The average Bonchev–Trinajstić information content (AvgIpc) is 3.12. The molecule has 4 heteroatoms. The monoisotopic (exact) mass is 288 g/mol. The lowest BCUT2D eigenvalue weighted by molar-refractivity contribution is 0.547. The van der Waals surface area contributed by atoms with E-state index in [1.807, 2.05) is 60.7 Å². The molecule has 4 nitrogen and oxygen atoms in total. The van der Waals surface area contributed by atoms with Gasteiger partial charge in [-0.05, 0) is 24.3 Å². The Hall–Kier alpha value is -3.14. The molecule has 0 saturated heterocycles. The predicted octanol–water partition coefficient (Wildman–Crippen LogP) is 3.34. The number of carbonyl (C=O) groups is 2. The van der Waals surface area contributed by atoms with Crippen LogP contribution in [0.25, 0.3) is 33.2 Å². The van der Waals surface area contributed by atoms with Crippen LogP contribution in [0.2, 0.25) is 0 Å². The van der Waals surface area contributed by atoms with Gasteiger partial charge < -0.3 is 0 Å². The lowest BCUT2D eigenvalue weighted by Crippen LogP contribution is -2.02. The van der Waals surface area contributed by atoms with Crippen molar-refractivity contribution in [3.05, 3.63) is 60.7 Å². The van der Waals surface area contributed by atoms with Gasteiger partial charge in [0.1, 0.15) is 0 Å². The largest absolute Gasteiger partial charge is 0.281 e. The molecule has 106 valence electrons. The van der Waals surface area contributed by atoms with Crippen LogP contribution in [0.15, 0.2) is 60.7 Å².